The third-order valence-electron chi connectivity index (χ3n) is 3.24. The van der Waals surface area contributed by atoms with Crippen molar-refractivity contribution in [2.75, 3.05) is 0 Å². The number of hydrogen-bond acceptors (Lipinski definition) is 4. The van der Waals surface area contributed by atoms with Crippen LogP contribution in [0.25, 0.3) is 0 Å². The Morgan fingerprint density at radius 1 is 1.16 bits per heavy atom. The van der Waals surface area contributed by atoms with Gasteiger partial charge in [0.1, 0.15) is 10.8 Å². The van der Waals surface area contributed by atoms with Gasteiger partial charge < -0.3 is 14.8 Å². The van der Waals surface area contributed by atoms with Crippen molar-refractivity contribution < 1.29 is 14.3 Å². The van der Waals surface area contributed by atoms with Gasteiger partial charge in [-0.3, -0.25) is 4.79 Å². The number of carbonyl (C=O) groups is 1. The van der Waals surface area contributed by atoms with Crippen molar-refractivity contribution in [3.05, 3.63) is 52.1 Å². The SMILES string of the molecule is CC(C)Oc1ncccc1CNC(=O)C(C)Oc1cccc(Cl)c1Cl. The van der Waals surface area contributed by atoms with Crippen molar-refractivity contribution in [2.24, 2.45) is 0 Å². The fraction of sp³-hybridized carbons (Fsp3) is 0.333. The number of carbonyl (C=O) groups excluding carboxylic acids is 1. The van der Waals surface area contributed by atoms with E-state index in [0.717, 1.165) is 5.56 Å². The highest BCUT2D eigenvalue weighted by Crippen LogP contribution is 2.32. The highest BCUT2D eigenvalue weighted by atomic mass is 35.5. The molecule has 1 atom stereocenters. The maximum atomic E-state index is 12.3. The van der Waals surface area contributed by atoms with E-state index in [1.807, 2.05) is 19.9 Å². The van der Waals surface area contributed by atoms with E-state index >= 15 is 0 Å². The van der Waals surface area contributed by atoms with Gasteiger partial charge in [0.15, 0.2) is 6.10 Å². The van der Waals surface area contributed by atoms with E-state index < -0.39 is 6.10 Å². The Bertz CT molecular complexity index is 738. The second-order valence-electron chi connectivity index (χ2n) is 5.66. The summed E-state index contributed by atoms with van der Waals surface area (Å²) in [5.74, 6) is 0.585. The van der Waals surface area contributed by atoms with Gasteiger partial charge in [-0.15, -0.1) is 0 Å². The monoisotopic (exact) mass is 382 g/mol. The molecular formula is C18H20Cl2N2O3. The molecule has 1 aromatic carbocycles. The largest absolute Gasteiger partial charge is 0.479 e. The average Bonchev–Trinajstić information content (AvgIpc) is 2.57. The first-order valence-electron chi connectivity index (χ1n) is 7.87. The van der Waals surface area contributed by atoms with Gasteiger partial charge in [0, 0.05) is 18.3 Å². The van der Waals surface area contributed by atoms with Gasteiger partial charge in [-0.25, -0.2) is 4.98 Å². The molecule has 2 aromatic rings. The standard InChI is InChI=1S/C18H20Cl2N2O3/c1-11(2)24-18-13(6-5-9-21-18)10-22-17(23)12(3)25-15-8-4-7-14(19)16(15)20/h4-9,11-12H,10H2,1-3H3,(H,22,23). The molecule has 0 bridgehead atoms. The normalized spacial score (nSPS) is 11.9. The first-order valence-corrected chi connectivity index (χ1v) is 8.63. The molecule has 0 aliphatic rings. The Hall–Kier alpha value is -1.98. The minimum absolute atomic E-state index is 0.00317. The predicted octanol–water partition coefficient (Wildman–Crippen LogP) is 4.26. The molecule has 1 unspecified atom stereocenters. The Kier molecular flexibility index (Phi) is 6.91. The summed E-state index contributed by atoms with van der Waals surface area (Å²) in [5.41, 5.74) is 0.789. The van der Waals surface area contributed by atoms with E-state index in [0.29, 0.717) is 16.7 Å². The first kappa shape index (κ1) is 19.3. The van der Waals surface area contributed by atoms with Crippen LogP contribution in [0.15, 0.2) is 36.5 Å². The Labute approximate surface area is 157 Å². The molecule has 0 radical (unpaired) electrons. The van der Waals surface area contributed by atoms with Crippen molar-refractivity contribution in [3.63, 3.8) is 0 Å². The summed E-state index contributed by atoms with van der Waals surface area (Å²) in [6, 6.07) is 8.66. The third kappa shape index (κ3) is 5.51. The first-order chi connectivity index (χ1) is 11.9. The zero-order chi connectivity index (χ0) is 18.4. The minimum Gasteiger partial charge on any atom is -0.479 e. The Balaban J connectivity index is 1.97. The highest BCUT2D eigenvalue weighted by Gasteiger charge is 2.17. The summed E-state index contributed by atoms with van der Waals surface area (Å²) in [4.78, 5) is 16.5. The van der Waals surface area contributed by atoms with Crippen LogP contribution in [0.5, 0.6) is 11.6 Å². The molecule has 1 N–H and O–H groups in total. The number of ether oxygens (including phenoxy) is 2. The maximum Gasteiger partial charge on any atom is 0.261 e. The molecule has 0 fully saturated rings. The van der Waals surface area contributed by atoms with Crippen LogP contribution in [0.1, 0.15) is 26.3 Å². The van der Waals surface area contributed by atoms with Gasteiger partial charge in [0.25, 0.3) is 5.91 Å². The molecule has 7 heteroatoms. The molecule has 0 saturated carbocycles. The number of benzene rings is 1. The smallest absolute Gasteiger partial charge is 0.261 e. The van der Waals surface area contributed by atoms with Gasteiger partial charge in [-0.2, -0.15) is 0 Å². The lowest BCUT2D eigenvalue weighted by atomic mass is 10.2. The lowest BCUT2D eigenvalue weighted by Gasteiger charge is -2.17. The fourth-order valence-corrected chi connectivity index (χ4v) is 2.37. The van der Waals surface area contributed by atoms with E-state index in [-0.39, 0.29) is 23.6 Å². The number of halogens is 2. The molecule has 0 aliphatic carbocycles. The van der Waals surface area contributed by atoms with Crippen LogP contribution in [-0.4, -0.2) is 23.1 Å². The summed E-state index contributed by atoms with van der Waals surface area (Å²) >= 11 is 12.0. The molecule has 2 rings (SSSR count). The zero-order valence-corrected chi connectivity index (χ0v) is 15.8. The van der Waals surface area contributed by atoms with Crippen LogP contribution < -0.4 is 14.8 Å². The van der Waals surface area contributed by atoms with Crippen LogP contribution in [0, 0.1) is 0 Å². The lowest BCUT2D eigenvalue weighted by Crippen LogP contribution is -2.36. The van der Waals surface area contributed by atoms with Crippen molar-refractivity contribution in [1.82, 2.24) is 10.3 Å². The van der Waals surface area contributed by atoms with Crippen LogP contribution in [0.3, 0.4) is 0 Å². The predicted molar refractivity (Wildman–Crippen MR) is 98.4 cm³/mol. The van der Waals surface area contributed by atoms with Gasteiger partial charge >= 0.3 is 0 Å². The second-order valence-corrected chi connectivity index (χ2v) is 6.45. The number of rotatable bonds is 7. The fourth-order valence-electron chi connectivity index (χ4n) is 2.03. The molecule has 1 amide bonds. The number of hydrogen-bond donors (Lipinski definition) is 1. The number of amides is 1. The molecule has 25 heavy (non-hydrogen) atoms. The molecule has 1 heterocycles. The van der Waals surface area contributed by atoms with Crippen molar-refractivity contribution >= 4 is 29.1 Å². The van der Waals surface area contributed by atoms with E-state index in [1.165, 1.54) is 0 Å². The van der Waals surface area contributed by atoms with Crippen LogP contribution >= 0.6 is 23.2 Å². The zero-order valence-electron chi connectivity index (χ0n) is 14.3. The number of nitrogens with one attached hydrogen (secondary N) is 1. The minimum atomic E-state index is -0.734. The molecule has 0 saturated heterocycles. The summed E-state index contributed by atoms with van der Waals surface area (Å²) in [6.45, 7) is 5.76. The van der Waals surface area contributed by atoms with Crippen LogP contribution in [-0.2, 0) is 11.3 Å². The van der Waals surface area contributed by atoms with Crippen LogP contribution in [0.2, 0.25) is 10.0 Å². The summed E-state index contributed by atoms with van der Waals surface area (Å²) in [6.07, 6.45) is 0.911. The molecule has 5 nitrogen and oxygen atoms in total. The quantitative estimate of drug-likeness (QED) is 0.776. The van der Waals surface area contributed by atoms with Gasteiger partial charge in [0.05, 0.1) is 11.1 Å². The number of pyridine rings is 1. The van der Waals surface area contributed by atoms with Crippen molar-refractivity contribution in [3.8, 4) is 11.6 Å². The Morgan fingerprint density at radius 2 is 1.92 bits per heavy atom. The second kappa shape index (κ2) is 8.92. The highest BCUT2D eigenvalue weighted by molar-refractivity contribution is 6.42. The van der Waals surface area contributed by atoms with E-state index in [2.05, 4.69) is 10.3 Å². The number of aromatic nitrogens is 1. The lowest BCUT2D eigenvalue weighted by molar-refractivity contribution is -0.127. The topological polar surface area (TPSA) is 60.5 Å². The van der Waals surface area contributed by atoms with Crippen molar-refractivity contribution in [1.29, 1.82) is 0 Å². The molecule has 134 valence electrons. The molecule has 0 aliphatic heterocycles. The average molecular weight is 383 g/mol. The summed E-state index contributed by atoms with van der Waals surface area (Å²) < 4.78 is 11.2. The van der Waals surface area contributed by atoms with Crippen LogP contribution in [0.4, 0.5) is 0 Å². The summed E-state index contributed by atoms with van der Waals surface area (Å²) in [5, 5.41) is 3.46. The summed E-state index contributed by atoms with van der Waals surface area (Å²) in [7, 11) is 0. The van der Waals surface area contributed by atoms with E-state index in [1.54, 1.807) is 37.4 Å². The maximum absolute atomic E-state index is 12.3. The third-order valence-corrected chi connectivity index (χ3v) is 4.04. The number of nitrogens with zero attached hydrogens (tertiary/aromatic N) is 1. The van der Waals surface area contributed by atoms with Crippen molar-refractivity contribution in [2.45, 2.75) is 39.5 Å². The van der Waals surface area contributed by atoms with Gasteiger partial charge in [-0.1, -0.05) is 35.3 Å². The molecular weight excluding hydrogens is 363 g/mol. The Morgan fingerprint density at radius 3 is 2.64 bits per heavy atom. The van der Waals surface area contributed by atoms with E-state index in [9.17, 15) is 4.79 Å². The van der Waals surface area contributed by atoms with Gasteiger partial charge in [0.2, 0.25) is 5.88 Å². The van der Waals surface area contributed by atoms with Gasteiger partial charge in [-0.05, 0) is 39.0 Å². The molecule has 0 spiro atoms. The van der Waals surface area contributed by atoms with E-state index in [4.69, 9.17) is 32.7 Å². The molecule has 1 aromatic heterocycles.